The number of hydrogen-bond donors (Lipinski definition) is 1. The normalized spacial score (nSPS) is 19.6. The van der Waals surface area contributed by atoms with Gasteiger partial charge in [0.25, 0.3) is 0 Å². The van der Waals surface area contributed by atoms with Crippen molar-refractivity contribution in [1.82, 2.24) is 19.8 Å². The zero-order chi connectivity index (χ0) is 19.0. The van der Waals surface area contributed by atoms with E-state index in [4.69, 9.17) is 12.2 Å². The van der Waals surface area contributed by atoms with E-state index in [0.717, 1.165) is 17.1 Å². The smallest absolute Gasteiger partial charge is 0.170 e. The molecule has 0 unspecified atom stereocenters. The molecule has 4 nitrogen and oxygen atoms in total. The number of nitrogens with zero attached hydrogens (tertiary/aromatic N) is 3. The number of halogens is 1. The molecule has 1 fully saturated rings. The molecule has 1 aliphatic rings. The molecule has 0 bridgehead atoms. The number of rotatable bonds is 4. The summed E-state index contributed by atoms with van der Waals surface area (Å²) >= 11 is 5.64. The van der Waals surface area contributed by atoms with E-state index in [1.54, 1.807) is 18.3 Å². The molecule has 27 heavy (non-hydrogen) atoms. The van der Waals surface area contributed by atoms with Gasteiger partial charge in [0.1, 0.15) is 5.82 Å². The van der Waals surface area contributed by atoms with Gasteiger partial charge in [0.15, 0.2) is 5.11 Å². The summed E-state index contributed by atoms with van der Waals surface area (Å²) in [6.07, 6.45) is 3.75. The van der Waals surface area contributed by atoms with Gasteiger partial charge in [-0.05, 0) is 68.5 Å². The molecule has 0 saturated carbocycles. The van der Waals surface area contributed by atoms with E-state index in [1.165, 1.54) is 6.07 Å². The van der Waals surface area contributed by atoms with Gasteiger partial charge in [0.05, 0.1) is 17.8 Å². The maximum absolute atomic E-state index is 13.8. The summed E-state index contributed by atoms with van der Waals surface area (Å²) in [4.78, 5) is 6.74. The predicted molar refractivity (Wildman–Crippen MR) is 108 cm³/mol. The second kappa shape index (κ2) is 7.12. The van der Waals surface area contributed by atoms with Gasteiger partial charge in [0, 0.05) is 29.8 Å². The quantitative estimate of drug-likeness (QED) is 0.681. The molecule has 138 valence electrons. The van der Waals surface area contributed by atoms with Crippen molar-refractivity contribution in [3.63, 3.8) is 0 Å². The van der Waals surface area contributed by atoms with Gasteiger partial charge in [-0.1, -0.05) is 12.1 Å². The molecule has 0 spiro atoms. The van der Waals surface area contributed by atoms with Crippen molar-refractivity contribution in [2.45, 2.75) is 32.0 Å². The van der Waals surface area contributed by atoms with E-state index in [2.05, 4.69) is 35.1 Å². The van der Waals surface area contributed by atoms with Crippen molar-refractivity contribution in [2.75, 3.05) is 0 Å². The molecule has 3 aromatic rings. The Morgan fingerprint density at radius 3 is 2.67 bits per heavy atom. The first kappa shape index (κ1) is 17.7. The minimum absolute atomic E-state index is 0.0503. The van der Waals surface area contributed by atoms with E-state index in [-0.39, 0.29) is 23.9 Å². The zero-order valence-electron chi connectivity index (χ0n) is 15.2. The lowest BCUT2D eigenvalue weighted by Crippen LogP contribution is -2.36. The van der Waals surface area contributed by atoms with Crippen molar-refractivity contribution in [2.24, 2.45) is 0 Å². The third kappa shape index (κ3) is 3.21. The van der Waals surface area contributed by atoms with Crippen LogP contribution in [0, 0.1) is 5.82 Å². The minimum Gasteiger partial charge on any atom is -0.352 e. The number of benzene rings is 1. The summed E-state index contributed by atoms with van der Waals surface area (Å²) in [5.74, 6) is -0.255. The van der Waals surface area contributed by atoms with Crippen LogP contribution in [0.15, 0.2) is 67.0 Å². The topological polar surface area (TPSA) is 33.1 Å². The Morgan fingerprint density at radius 2 is 1.96 bits per heavy atom. The lowest BCUT2D eigenvalue weighted by atomic mass is 10.0. The Labute approximate surface area is 163 Å². The van der Waals surface area contributed by atoms with Crippen molar-refractivity contribution in [1.29, 1.82) is 0 Å². The van der Waals surface area contributed by atoms with Gasteiger partial charge in [-0.25, -0.2) is 4.39 Å². The summed E-state index contributed by atoms with van der Waals surface area (Å²) in [5.41, 5.74) is 2.76. The third-order valence-electron chi connectivity index (χ3n) is 4.86. The molecule has 6 heteroatoms. The third-order valence-corrected chi connectivity index (χ3v) is 5.19. The SMILES string of the molecule is CC(C)N1C(=S)N[C@@H](c2ccccn2)[C@H]1c1cccn1-c1cccc(F)c1. The first-order chi connectivity index (χ1) is 13.1. The standard InChI is InChI=1S/C21H21FN4S/c1-14(2)26-20(19(24-21(26)27)17-9-3-4-11-23-17)18-10-6-12-25(18)16-8-5-7-15(22)13-16/h3-14,19-20H,1-2H3,(H,24,27)/t19-,20+/m0/s1. The van der Waals surface area contributed by atoms with Crippen LogP contribution < -0.4 is 5.32 Å². The van der Waals surface area contributed by atoms with Crippen molar-refractivity contribution < 1.29 is 4.39 Å². The van der Waals surface area contributed by atoms with E-state index in [9.17, 15) is 4.39 Å². The molecule has 1 aliphatic heterocycles. The van der Waals surface area contributed by atoms with Crippen LogP contribution in [0.3, 0.4) is 0 Å². The minimum atomic E-state index is -0.255. The van der Waals surface area contributed by atoms with Gasteiger partial charge >= 0.3 is 0 Å². The highest BCUT2D eigenvalue weighted by Crippen LogP contribution is 2.40. The Balaban J connectivity index is 1.84. The lowest BCUT2D eigenvalue weighted by Gasteiger charge is -2.31. The average Bonchev–Trinajstić information content (AvgIpc) is 3.26. The summed E-state index contributed by atoms with van der Waals surface area (Å²) in [6, 6.07) is 16.6. The molecule has 2 aromatic heterocycles. The molecular formula is C21H21FN4S. The monoisotopic (exact) mass is 380 g/mol. The second-order valence-electron chi connectivity index (χ2n) is 6.91. The number of aromatic nitrogens is 2. The van der Waals surface area contributed by atoms with Gasteiger partial charge in [-0.3, -0.25) is 4.98 Å². The second-order valence-corrected chi connectivity index (χ2v) is 7.30. The van der Waals surface area contributed by atoms with Gasteiger partial charge in [-0.15, -0.1) is 0 Å². The highest BCUT2D eigenvalue weighted by atomic mass is 32.1. The summed E-state index contributed by atoms with van der Waals surface area (Å²) < 4.78 is 15.8. The van der Waals surface area contributed by atoms with Crippen molar-refractivity contribution >= 4 is 17.3 Å². The first-order valence-corrected chi connectivity index (χ1v) is 9.40. The molecule has 0 amide bonds. The zero-order valence-corrected chi connectivity index (χ0v) is 16.0. The highest BCUT2D eigenvalue weighted by molar-refractivity contribution is 7.80. The number of pyridine rings is 1. The summed E-state index contributed by atoms with van der Waals surface area (Å²) in [6.45, 7) is 4.24. The lowest BCUT2D eigenvalue weighted by molar-refractivity contribution is 0.262. The van der Waals surface area contributed by atoms with Crippen LogP contribution >= 0.6 is 12.2 Å². The molecule has 1 saturated heterocycles. The Hall–Kier alpha value is -2.73. The van der Waals surface area contributed by atoms with Crippen LogP contribution in [-0.4, -0.2) is 25.6 Å². The van der Waals surface area contributed by atoms with Crippen LogP contribution in [0.1, 0.15) is 37.3 Å². The number of nitrogens with one attached hydrogen (secondary N) is 1. The summed E-state index contributed by atoms with van der Waals surface area (Å²) in [7, 11) is 0. The van der Waals surface area contributed by atoms with Crippen LogP contribution in [0.4, 0.5) is 4.39 Å². The summed E-state index contributed by atoms with van der Waals surface area (Å²) in [5, 5.41) is 4.14. The maximum Gasteiger partial charge on any atom is 0.170 e. The average molecular weight is 380 g/mol. The molecule has 1 N–H and O–H groups in total. The Bertz CT molecular complexity index is 954. The van der Waals surface area contributed by atoms with Crippen molar-refractivity contribution in [3.8, 4) is 5.69 Å². The first-order valence-electron chi connectivity index (χ1n) is 8.99. The van der Waals surface area contributed by atoms with Crippen LogP contribution in [0.25, 0.3) is 5.69 Å². The Morgan fingerprint density at radius 1 is 1.11 bits per heavy atom. The largest absolute Gasteiger partial charge is 0.352 e. The number of thiocarbonyl (C=S) groups is 1. The molecule has 2 atom stereocenters. The van der Waals surface area contributed by atoms with Gasteiger partial charge in [-0.2, -0.15) is 0 Å². The van der Waals surface area contributed by atoms with Crippen LogP contribution in [0.5, 0.6) is 0 Å². The molecule has 0 aliphatic carbocycles. The van der Waals surface area contributed by atoms with E-state index in [1.807, 2.05) is 41.1 Å². The van der Waals surface area contributed by atoms with E-state index >= 15 is 0 Å². The van der Waals surface area contributed by atoms with E-state index < -0.39 is 0 Å². The molecule has 4 rings (SSSR count). The van der Waals surface area contributed by atoms with Crippen LogP contribution in [0.2, 0.25) is 0 Å². The predicted octanol–water partition coefficient (Wildman–Crippen LogP) is 4.39. The Kier molecular flexibility index (Phi) is 4.66. The van der Waals surface area contributed by atoms with Gasteiger partial charge in [0.2, 0.25) is 0 Å². The molecular weight excluding hydrogens is 359 g/mol. The van der Waals surface area contributed by atoms with E-state index in [0.29, 0.717) is 5.11 Å². The van der Waals surface area contributed by atoms with Gasteiger partial charge < -0.3 is 14.8 Å². The van der Waals surface area contributed by atoms with Crippen LogP contribution in [-0.2, 0) is 0 Å². The van der Waals surface area contributed by atoms with Crippen molar-refractivity contribution in [3.05, 3.63) is 84.2 Å². The fourth-order valence-electron chi connectivity index (χ4n) is 3.73. The molecule has 3 heterocycles. The fourth-order valence-corrected chi connectivity index (χ4v) is 4.19. The number of hydrogen-bond acceptors (Lipinski definition) is 2. The highest BCUT2D eigenvalue weighted by Gasteiger charge is 2.42. The fraction of sp³-hybridized carbons (Fsp3) is 0.238. The molecule has 0 radical (unpaired) electrons. The maximum atomic E-state index is 13.8. The molecule has 1 aromatic carbocycles.